The normalized spacial score (nSPS) is 10.5. The van der Waals surface area contributed by atoms with Crippen molar-refractivity contribution >= 4 is 0 Å². The van der Waals surface area contributed by atoms with E-state index < -0.39 is 0 Å². The Morgan fingerprint density at radius 2 is 1.10 bits per heavy atom. The van der Waals surface area contributed by atoms with Crippen molar-refractivity contribution < 1.29 is 4.39 Å². The molecule has 0 radical (unpaired) electrons. The fraction of sp³-hybridized carbons (Fsp3) is 0.0526. The van der Waals surface area contributed by atoms with Gasteiger partial charge in [-0.1, -0.05) is 72.3 Å². The van der Waals surface area contributed by atoms with Gasteiger partial charge in [0.05, 0.1) is 0 Å². The minimum atomic E-state index is -0.185. The molecule has 0 N–H and O–H groups in total. The predicted octanol–water partition coefficient (Wildman–Crippen LogP) is 5.47. The predicted molar refractivity (Wildman–Crippen MR) is 82.0 cm³/mol. The van der Waals surface area contributed by atoms with Crippen LogP contribution in [0.2, 0.25) is 0 Å². The SMILES string of the molecule is Cc1ccc(-c2ccc(-c3ccccc3F)cc2)cc1. The molecule has 0 aliphatic carbocycles. The first-order valence-corrected chi connectivity index (χ1v) is 6.66. The van der Waals surface area contributed by atoms with E-state index in [2.05, 4.69) is 31.2 Å². The highest BCUT2D eigenvalue weighted by Gasteiger charge is 2.04. The topological polar surface area (TPSA) is 0 Å². The van der Waals surface area contributed by atoms with Crippen LogP contribution < -0.4 is 0 Å². The third kappa shape index (κ3) is 2.48. The third-order valence-electron chi connectivity index (χ3n) is 3.45. The summed E-state index contributed by atoms with van der Waals surface area (Å²) in [6.45, 7) is 2.07. The molecule has 1 heteroatoms. The van der Waals surface area contributed by atoms with Crippen LogP contribution in [0.5, 0.6) is 0 Å². The smallest absolute Gasteiger partial charge is 0.131 e. The Labute approximate surface area is 118 Å². The van der Waals surface area contributed by atoms with E-state index in [1.54, 1.807) is 12.1 Å². The first-order chi connectivity index (χ1) is 9.74. The Morgan fingerprint density at radius 3 is 1.70 bits per heavy atom. The summed E-state index contributed by atoms with van der Waals surface area (Å²) in [5.74, 6) is -0.185. The highest BCUT2D eigenvalue weighted by Crippen LogP contribution is 2.26. The summed E-state index contributed by atoms with van der Waals surface area (Å²) in [5, 5.41) is 0. The van der Waals surface area contributed by atoms with Crippen LogP contribution in [0.1, 0.15) is 5.56 Å². The van der Waals surface area contributed by atoms with Gasteiger partial charge in [0, 0.05) is 5.56 Å². The van der Waals surface area contributed by atoms with Crippen LogP contribution in [-0.2, 0) is 0 Å². The van der Waals surface area contributed by atoms with Crippen molar-refractivity contribution in [2.45, 2.75) is 6.92 Å². The minimum absolute atomic E-state index is 0.185. The second kappa shape index (κ2) is 5.30. The zero-order valence-corrected chi connectivity index (χ0v) is 11.3. The summed E-state index contributed by atoms with van der Waals surface area (Å²) < 4.78 is 13.7. The van der Waals surface area contributed by atoms with E-state index in [4.69, 9.17) is 0 Å². The van der Waals surface area contributed by atoms with Crippen molar-refractivity contribution in [1.82, 2.24) is 0 Å². The number of halogens is 1. The van der Waals surface area contributed by atoms with Gasteiger partial charge in [-0.05, 0) is 29.7 Å². The molecule has 0 aromatic heterocycles. The van der Waals surface area contributed by atoms with Gasteiger partial charge in [-0.25, -0.2) is 4.39 Å². The molecule has 0 fully saturated rings. The fourth-order valence-electron chi connectivity index (χ4n) is 2.28. The van der Waals surface area contributed by atoms with Gasteiger partial charge in [0.1, 0.15) is 5.82 Å². The maximum Gasteiger partial charge on any atom is 0.131 e. The van der Waals surface area contributed by atoms with E-state index in [0.29, 0.717) is 5.56 Å². The number of benzene rings is 3. The van der Waals surface area contributed by atoms with Crippen molar-refractivity contribution in [2.24, 2.45) is 0 Å². The lowest BCUT2D eigenvalue weighted by Gasteiger charge is -2.06. The van der Waals surface area contributed by atoms with Gasteiger partial charge < -0.3 is 0 Å². The van der Waals surface area contributed by atoms with Crippen LogP contribution in [0, 0.1) is 12.7 Å². The summed E-state index contributed by atoms with van der Waals surface area (Å²) in [6.07, 6.45) is 0. The zero-order valence-electron chi connectivity index (χ0n) is 11.3. The summed E-state index contributed by atoms with van der Waals surface area (Å²) in [7, 11) is 0. The van der Waals surface area contributed by atoms with Gasteiger partial charge in [-0.3, -0.25) is 0 Å². The lowest BCUT2D eigenvalue weighted by atomic mass is 9.99. The van der Waals surface area contributed by atoms with Gasteiger partial charge in [0.25, 0.3) is 0 Å². The van der Waals surface area contributed by atoms with Gasteiger partial charge >= 0.3 is 0 Å². The van der Waals surface area contributed by atoms with E-state index in [0.717, 1.165) is 11.1 Å². The maximum absolute atomic E-state index is 13.7. The Bertz CT molecular complexity index is 710. The molecule has 0 nitrogen and oxygen atoms in total. The molecule has 0 unspecified atom stereocenters. The molecule has 0 aliphatic heterocycles. The van der Waals surface area contributed by atoms with Crippen molar-refractivity contribution in [3.05, 3.63) is 84.2 Å². The monoisotopic (exact) mass is 262 g/mol. The largest absolute Gasteiger partial charge is 0.206 e. The molecule has 3 rings (SSSR count). The van der Waals surface area contributed by atoms with Gasteiger partial charge in [0.15, 0.2) is 0 Å². The molecule has 0 bridgehead atoms. The van der Waals surface area contributed by atoms with E-state index in [9.17, 15) is 4.39 Å². The van der Waals surface area contributed by atoms with Crippen LogP contribution in [0.25, 0.3) is 22.3 Å². The Hall–Kier alpha value is -2.41. The van der Waals surface area contributed by atoms with Crippen molar-refractivity contribution in [1.29, 1.82) is 0 Å². The Kier molecular flexibility index (Phi) is 3.34. The first-order valence-electron chi connectivity index (χ1n) is 6.66. The molecule has 20 heavy (non-hydrogen) atoms. The van der Waals surface area contributed by atoms with E-state index in [1.165, 1.54) is 17.2 Å². The fourth-order valence-corrected chi connectivity index (χ4v) is 2.28. The first kappa shape index (κ1) is 12.6. The average Bonchev–Trinajstić information content (AvgIpc) is 2.49. The summed E-state index contributed by atoms with van der Waals surface area (Å²) in [4.78, 5) is 0. The summed E-state index contributed by atoms with van der Waals surface area (Å²) in [5.41, 5.74) is 5.11. The summed E-state index contributed by atoms with van der Waals surface area (Å²) >= 11 is 0. The van der Waals surface area contributed by atoms with Gasteiger partial charge in [-0.2, -0.15) is 0 Å². The average molecular weight is 262 g/mol. The number of hydrogen-bond acceptors (Lipinski definition) is 0. The minimum Gasteiger partial charge on any atom is -0.206 e. The molecule has 0 saturated carbocycles. The van der Waals surface area contributed by atoms with Crippen LogP contribution in [0.4, 0.5) is 4.39 Å². The third-order valence-corrected chi connectivity index (χ3v) is 3.45. The van der Waals surface area contributed by atoms with Crippen LogP contribution in [0.3, 0.4) is 0 Å². The zero-order chi connectivity index (χ0) is 13.9. The number of rotatable bonds is 2. The highest BCUT2D eigenvalue weighted by atomic mass is 19.1. The van der Waals surface area contributed by atoms with Crippen molar-refractivity contribution in [3.63, 3.8) is 0 Å². The van der Waals surface area contributed by atoms with Gasteiger partial charge in [-0.15, -0.1) is 0 Å². The van der Waals surface area contributed by atoms with Crippen molar-refractivity contribution in [3.8, 4) is 22.3 Å². The van der Waals surface area contributed by atoms with Crippen LogP contribution in [-0.4, -0.2) is 0 Å². The van der Waals surface area contributed by atoms with E-state index >= 15 is 0 Å². The molecule has 3 aromatic carbocycles. The number of hydrogen-bond donors (Lipinski definition) is 0. The van der Waals surface area contributed by atoms with E-state index in [-0.39, 0.29) is 5.82 Å². The molecule has 98 valence electrons. The van der Waals surface area contributed by atoms with Crippen molar-refractivity contribution in [2.75, 3.05) is 0 Å². The molecule has 0 heterocycles. The van der Waals surface area contributed by atoms with Crippen LogP contribution >= 0.6 is 0 Å². The second-order valence-electron chi connectivity index (χ2n) is 4.92. The second-order valence-corrected chi connectivity index (χ2v) is 4.92. The van der Waals surface area contributed by atoms with Crippen LogP contribution in [0.15, 0.2) is 72.8 Å². The lowest BCUT2D eigenvalue weighted by molar-refractivity contribution is 0.631. The maximum atomic E-state index is 13.7. The molecule has 0 amide bonds. The molecule has 3 aromatic rings. The van der Waals surface area contributed by atoms with Gasteiger partial charge in [0.2, 0.25) is 0 Å². The molecule has 0 spiro atoms. The number of aryl methyl sites for hydroxylation is 1. The van der Waals surface area contributed by atoms with E-state index in [1.807, 2.05) is 30.3 Å². The molecular weight excluding hydrogens is 247 g/mol. The molecular formula is C19H15F. The quantitative estimate of drug-likeness (QED) is 0.574. The Morgan fingerprint density at radius 1 is 0.600 bits per heavy atom. The molecule has 0 saturated heterocycles. The lowest BCUT2D eigenvalue weighted by Crippen LogP contribution is -1.84. The molecule has 0 aliphatic rings. The standard InChI is InChI=1S/C19H15F/c1-14-6-8-15(9-7-14)16-10-12-17(13-11-16)18-4-2-3-5-19(18)20/h2-13H,1H3. The summed E-state index contributed by atoms with van der Waals surface area (Å²) in [6, 6.07) is 23.3. The highest BCUT2D eigenvalue weighted by molar-refractivity contribution is 5.70. The molecule has 0 atom stereocenters. The Balaban J connectivity index is 1.96.